The number of guanidine groups is 3. The van der Waals surface area contributed by atoms with Crippen LogP contribution in [0, 0.1) is 20.8 Å². The molecule has 3 aromatic rings. The van der Waals surface area contributed by atoms with Crippen LogP contribution in [0.2, 0.25) is 0 Å². The predicted molar refractivity (Wildman–Crippen MR) is 170 cm³/mol. The van der Waals surface area contributed by atoms with Gasteiger partial charge in [0.1, 0.15) is 0 Å². The summed E-state index contributed by atoms with van der Waals surface area (Å²) in [5.41, 5.74) is 36.8. The zero-order valence-electron chi connectivity index (χ0n) is 24.4. The summed E-state index contributed by atoms with van der Waals surface area (Å²) in [6.45, 7) is 6.50. The van der Waals surface area contributed by atoms with E-state index >= 15 is 0 Å². The maximum atomic E-state index is 9.73. The maximum Gasteiger partial charge on any atom is 0.186 e. The molecule has 0 radical (unpaired) electrons. The van der Waals surface area contributed by atoms with Crippen LogP contribution in [0.15, 0.2) is 87.8 Å². The van der Waals surface area contributed by atoms with Crippen molar-refractivity contribution in [3.05, 3.63) is 106 Å². The first-order chi connectivity index (χ1) is 19.8. The number of hydrogen-bond acceptors (Lipinski definition) is 6. The second kappa shape index (κ2) is 18.7. The molecule has 3 rings (SSSR count). The van der Waals surface area contributed by atoms with Crippen LogP contribution >= 0.6 is 0 Å². The molecule has 0 aliphatic rings. The second-order valence-corrected chi connectivity index (χ2v) is 9.53. The lowest BCUT2D eigenvalue weighted by Crippen LogP contribution is -2.23. The first kappa shape index (κ1) is 35.4. The van der Waals surface area contributed by atoms with Crippen LogP contribution in [0.25, 0.3) is 0 Å². The fourth-order valence-electron chi connectivity index (χ4n) is 3.51. The van der Waals surface area contributed by atoms with Crippen LogP contribution in [0.3, 0.4) is 0 Å². The number of aliphatic hydroxyl groups excluding tert-OH is 3. The first-order valence-electron chi connectivity index (χ1n) is 13.2. The van der Waals surface area contributed by atoms with Crippen molar-refractivity contribution in [3.63, 3.8) is 0 Å². The third kappa shape index (κ3) is 14.7. The van der Waals surface area contributed by atoms with Gasteiger partial charge in [0, 0.05) is 0 Å². The van der Waals surface area contributed by atoms with Gasteiger partial charge in [-0.25, -0.2) is 0 Å². The van der Waals surface area contributed by atoms with Crippen molar-refractivity contribution in [2.75, 3.05) is 19.6 Å². The van der Waals surface area contributed by atoms with E-state index in [2.05, 4.69) is 15.0 Å². The summed E-state index contributed by atoms with van der Waals surface area (Å²) in [6.07, 6.45) is -1.92. The van der Waals surface area contributed by atoms with Crippen molar-refractivity contribution in [2.45, 2.75) is 39.1 Å². The Kier molecular flexibility index (Phi) is 15.7. The molecule has 12 nitrogen and oxygen atoms in total. The van der Waals surface area contributed by atoms with Gasteiger partial charge in [0.25, 0.3) is 0 Å². The topological polar surface area (TPSA) is 254 Å². The molecule has 42 heavy (non-hydrogen) atoms. The number of aliphatic imine (C=N–C) groups is 3. The van der Waals surface area contributed by atoms with E-state index < -0.39 is 18.3 Å². The molecule has 228 valence electrons. The minimum Gasteiger partial charge on any atom is -0.386 e. The Morgan fingerprint density at radius 2 is 1.02 bits per heavy atom. The van der Waals surface area contributed by atoms with E-state index in [0.29, 0.717) is 0 Å². The third-order valence-electron chi connectivity index (χ3n) is 5.78. The lowest BCUT2D eigenvalue weighted by Gasteiger charge is -2.10. The van der Waals surface area contributed by atoms with Crippen molar-refractivity contribution in [3.8, 4) is 0 Å². The highest BCUT2D eigenvalue weighted by atomic mass is 16.3. The molecule has 3 aromatic carbocycles. The van der Waals surface area contributed by atoms with Gasteiger partial charge in [-0.3, -0.25) is 15.0 Å². The van der Waals surface area contributed by atoms with Gasteiger partial charge in [-0.2, -0.15) is 0 Å². The van der Waals surface area contributed by atoms with Gasteiger partial charge in [0.15, 0.2) is 17.9 Å². The molecule has 0 fully saturated rings. The SMILES string of the molecule is Cc1ccc([C@@H](O)CN=C(N)N)cc1.Cc1cccc([C@@H](O)CN=C(N)N)c1.Cc1ccccc1[C@@H](O)CN=C(N)N. The van der Waals surface area contributed by atoms with Crippen molar-refractivity contribution < 1.29 is 15.3 Å². The summed E-state index contributed by atoms with van der Waals surface area (Å²) in [5, 5.41) is 29.0. The van der Waals surface area contributed by atoms with Gasteiger partial charge in [-0.05, 0) is 43.0 Å². The zero-order valence-corrected chi connectivity index (χ0v) is 24.4. The summed E-state index contributed by atoms with van der Waals surface area (Å²) in [5.74, 6) is -0.00880. The zero-order chi connectivity index (χ0) is 31.7. The van der Waals surface area contributed by atoms with E-state index in [1.807, 2.05) is 93.6 Å². The van der Waals surface area contributed by atoms with Gasteiger partial charge >= 0.3 is 0 Å². The third-order valence-corrected chi connectivity index (χ3v) is 5.78. The molecule has 0 unspecified atom stereocenters. The molecule has 0 saturated carbocycles. The molecule has 12 heteroatoms. The highest BCUT2D eigenvalue weighted by Gasteiger charge is 2.09. The standard InChI is InChI=1S/3C10H15N3O/c1-7-2-4-8(5-3-7)9(14)6-13-10(11)12;1-7-3-2-4-8(5-7)9(14)6-13-10(11)12;1-7-4-2-3-5-8(7)9(14)6-13-10(11)12/h3*2-5,9,14H,6H2,1H3,(H4,11,12,13)/t3*9-/m000/s1. The van der Waals surface area contributed by atoms with E-state index in [1.165, 1.54) is 0 Å². The van der Waals surface area contributed by atoms with Crippen LogP contribution in [0.1, 0.15) is 51.7 Å². The minimum absolute atomic E-state index is 0.00219. The predicted octanol–water partition coefficient (Wildman–Crippen LogP) is 0.905. The van der Waals surface area contributed by atoms with E-state index in [4.69, 9.17) is 34.4 Å². The molecular formula is C30H45N9O3. The summed E-state index contributed by atoms with van der Waals surface area (Å²) in [6, 6.07) is 22.8. The van der Waals surface area contributed by atoms with Crippen molar-refractivity contribution in [1.29, 1.82) is 0 Å². The Balaban J connectivity index is 0.000000315. The quantitative estimate of drug-likeness (QED) is 0.129. The van der Waals surface area contributed by atoms with Crippen LogP contribution in [0.4, 0.5) is 0 Å². The largest absolute Gasteiger partial charge is 0.386 e. The lowest BCUT2D eigenvalue weighted by atomic mass is 10.0. The average molecular weight is 580 g/mol. The molecule has 15 N–H and O–H groups in total. The highest BCUT2D eigenvalue weighted by Crippen LogP contribution is 2.17. The van der Waals surface area contributed by atoms with Gasteiger partial charge in [-0.1, -0.05) is 83.9 Å². The van der Waals surface area contributed by atoms with Gasteiger partial charge in [0.05, 0.1) is 37.9 Å². The summed E-state index contributed by atoms with van der Waals surface area (Å²) >= 11 is 0. The van der Waals surface area contributed by atoms with Gasteiger partial charge < -0.3 is 49.7 Å². The van der Waals surface area contributed by atoms with Gasteiger partial charge in [0.2, 0.25) is 0 Å². The van der Waals surface area contributed by atoms with Gasteiger partial charge in [-0.15, -0.1) is 0 Å². The smallest absolute Gasteiger partial charge is 0.186 e. The van der Waals surface area contributed by atoms with Crippen LogP contribution in [-0.2, 0) is 0 Å². The van der Waals surface area contributed by atoms with E-state index in [1.54, 1.807) is 0 Å². The minimum atomic E-state index is -0.642. The number of benzene rings is 3. The number of nitrogens with zero attached hydrogens (tertiary/aromatic N) is 3. The molecule has 0 spiro atoms. The van der Waals surface area contributed by atoms with Crippen LogP contribution in [0.5, 0.6) is 0 Å². The van der Waals surface area contributed by atoms with Crippen LogP contribution < -0.4 is 34.4 Å². The number of aryl methyl sites for hydroxylation is 3. The molecule has 0 aromatic heterocycles. The Labute approximate surface area is 247 Å². The molecule has 0 heterocycles. The summed E-state index contributed by atoms with van der Waals surface area (Å²) in [7, 11) is 0. The maximum absolute atomic E-state index is 9.73. The molecule has 0 saturated heterocycles. The summed E-state index contributed by atoms with van der Waals surface area (Å²) < 4.78 is 0. The molecular weight excluding hydrogens is 534 g/mol. The number of aliphatic hydroxyl groups is 3. The normalized spacial score (nSPS) is 12.1. The molecule has 3 atom stereocenters. The van der Waals surface area contributed by atoms with Crippen LogP contribution in [-0.4, -0.2) is 52.8 Å². The number of rotatable bonds is 9. The second-order valence-electron chi connectivity index (χ2n) is 9.53. The Morgan fingerprint density at radius 3 is 1.50 bits per heavy atom. The first-order valence-corrected chi connectivity index (χ1v) is 13.2. The fraction of sp³-hybridized carbons (Fsp3) is 0.300. The van der Waals surface area contributed by atoms with Crippen molar-refractivity contribution >= 4 is 17.9 Å². The molecule has 0 aliphatic heterocycles. The van der Waals surface area contributed by atoms with E-state index in [0.717, 1.165) is 33.4 Å². The van der Waals surface area contributed by atoms with E-state index in [9.17, 15) is 15.3 Å². The average Bonchev–Trinajstić information content (AvgIpc) is 2.94. The molecule has 0 amide bonds. The fourth-order valence-corrected chi connectivity index (χ4v) is 3.51. The highest BCUT2D eigenvalue weighted by molar-refractivity contribution is 5.76. The Morgan fingerprint density at radius 1 is 0.548 bits per heavy atom. The number of nitrogens with two attached hydrogens (primary N) is 6. The Bertz CT molecular complexity index is 1300. The van der Waals surface area contributed by atoms with Crippen molar-refractivity contribution in [2.24, 2.45) is 49.4 Å². The lowest BCUT2D eigenvalue weighted by molar-refractivity contribution is 0.186. The van der Waals surface area contributed by atoms with E-state index in [-0.39, 0.29) is 37.5 Å². The monoisotopic (exact) mass is 579 g/mol. The molecule has 0 bridgehead atoms. The van der Waals surface area contributed by atoms with Crippen molar-refractivity contribution in [1.82, 2.24) is 0 Å². The summed E-state index contributed by atoms with van der Waals surface area (Å²) in [4.78, 5) is 11.3. The number of hydrogen-bond donors (Lipinski definition) is 9. The Hall–Kier alpha value is -4.65. The molecule has 0 aliphatic carbocycles.